The van der Waals surface area contributed by atoms with Gasteiger partial charge in [-0.3, -0.25) is 14.1 Å². The average Bonchev–Trinajstić information content (AvgIpc) is 0. The zero-order chi connectivity index (χ0) is 0. The summed E-state index contributed by atoms with van der Waals surface area (Å²) in [6.45, 7) is 0. The van der Waals surface area contributed by atoms with E-state index in [-0.39, 0.29) is 41.4 Å². The Morgan fingerprint density at radius 3 is 0.500 bits per heavy atom. The van der Waals surface area contributed by atoms with Crippen molar-refractivity contribution >= 4 is 12.4 Å². The lowest BCUT2D eigenvalue weighted by atomic mass is 12.0. The van der Waals surface area contributed by atoms with Crippen LogP contribution in [0.25, 0.3) is 0 Å². The highest BCUT2D eigenvalue weighted by Gasteiger charge is -0.0765. The van der Waals surface area contributed by atoms with Crippen molar-refractivity contribution < 1.29 is 14.1 Å². The second-order valence-electron chi connectivity index (χ2n) is 0. The van der Waals surface area contributed by atoms with Crippen molar-refractivity contribution in [2.24, 2.45) is 0 Å². The van der Waals surface area contributed by atoms with Crippen molar-refractivity contribution in [1.82, 2.24) is 0 Å². The first kappa shape index (κ1) is 24500. The summed E-state index contributed by atoms with van der Waals surface area (Å²) in [5, 5.41) is 0. The fraction of sp³-hybridized carbons (Fsp3) is 1.00. The van der Waals surface area contributed by atoms with Gasteiger partial charge in [-0.1, -0.05) is 14.9 Å². The molecule has 0 radical (unpaired) electrons. The topological polar surface area (TPSA) is 0 Å². The highest BCUT2D eigenvalue weighted by atomic mass is 35.5. The Morgan fingerprint density at radius 1 is 0.500 bits per heavy atom. The standard InChI is InChI=1S/2CH4.ClH.3FH/h2*1H4;4*1H. The third kappa shape index (κ3) is 6050. The fourth-order valence-electron chi connectivity index (χ4n) is 0. The lowest BCUT2D eigenvalue weighted by Crippen LogP contribution is 0.143. The summed E-state index contributed by atoms with van der Waals surface area (Å²) in [7, 11) is 0. The highest BCUT2D eigenvalue weighted by Crippen LogP contribution is 0.690. The van der Waals surface area contributed by atoms with Crippen LogP contribution in [-0.4, -0.2) is 0 Å². The van der Waals surface area contributed by atoms with Gasteiger partial charge in [-0.15, -0.1) is 12.4 Å². The van der Waals surface area contributed by atoms with E-state index in [1.165, 1.54) is 0 Å². The van der Waals surface area contributed by atoms with Crippen LogP contribution in [0.5, 0.6) is 0 Å². The van der Waals surface area contributed by atoms with Crippen molar-refractivity contribution in [2.75, 3.05) is 0 Å². The summed E-state index contributed by atoms with van der Waals surface area (Å²) in [6.07, 6.45) is 0. The Balaban J connectivity index is 0. The van der Waals surface area contributed by atoms with Crippen LogP contribution in [0.4, 0.5) is 14.1 Å². The maximum absolute atomic E-state index is 0. The smallest absolute Gasteiger partial charge is 0.0776 e. The van der Waals surface area contributed by atoms with Gasteiger partial charge in [0.25, 0.3) is 0 Å². The predicted octanol–water partition coefficient (Wildman–Crippen LogP) is 2.15. The van der Waals surface area contributed by atoms with Crippen LogP contribution in [0.2, 0.25) is 0 Å². The Bertz CT molecular complexity index is 8.75. The molecule has 0 spiro atoms. The van der Waals surface area contributed by atoms with E-state index >= 15 is 0 Å². The minimum atomic E-state index is 0. The van der Waals surface area contributed by atoms with Gasteiger partial charge in [0.2, 0.25) is 0 Å². The molecule has 0 heterocycles. The van der Waals surface area contributed by atoms with Gasteiger partial charge in [-0.05, 0) is 0 Å². The number of halogens is 4. The van der Waals surface area contributed by atoms with Gasteiger partial charge < -0.3 is 0 Å². The molecule has 0 aliphatic carbocycles. The van der Waals surface area contributed by atoms with E-state index in [1.54, 1.807) is 0 Å². The van der Waals surface area contributed by atoms with E-state index in [9.17, 15) is 0 Å². The third-order valence-electron chi connectivity index (χ3n) is 0. The van der Waals surface area contributed by atoms with E-state index in [0.717, 1.165) is 0 Å². The van der Waals surface area contributed by atoms with E-state index < -0.39 is 0 Å². The Labute approximate surface area is 42.4 Å². The van der Waals surface area contributed by atoms with E-state index in [1.807, 2.05) is 0 Å². The van der Waals surface area contributed by atoms with Gasteiger partial charge in [0.15, 0.2) is 0 Å². The maximum Gasteiger partial charge on any atom is -0.0776 e. The molecule has 4 heteroatoms. The molecule has 0 atom stereocenters. The van der Waals surface area contributed by atoms with E-state index in [0.29, 0.717) is 0 Å². The summed E-state index contributed by atoms with van der Waals surface area (Å²) >= 11 is 0. The van der Waals surface area contributed by atoms with Gasteiger partial charge in [0, 0.05) is 0 Å². The van der Waals surface area contributed by atoms with E-state index in [2.05, 4.69) is 0 Å². The van der Waals surface area contributed by atoms with Crippen LogP contribution >= 0.6 is 12.4 Å². The zero-order valence-corrected chi connectivity index (χ0v) is 2.45. The molecule has 0 aromatic carbocycles. The highest BCUT2D eigenvalue weighted by molar-refractivity contribution is 5.85. The van der Waals surface area contributed by atoms with Gasteiger partial charge in [0.1, 0.15) is 0 Å². The van der Waals surface area contributed by atoms with Crippen LogP contribution in [0.15, 0.2) is 0 Å². The fourth-order valence-corrected chi connectivity index (χ4v) is 0. The molecule has 0 saturated heterocycles. The van der Waals surface area contributed by atoms with Crippen molar-refractivity contribution in [3.8, 4) is 0 Å². The van der Waals surface area contributed by atoms with Crippen LogP contribution in [0.3, 0.4) is 0 Å². The summed E-state index contributed by atoms with van der Waals surface area (Å²) in [5.41, 5.74) is 0. The van der Waals surface area contributed by atoms with Gasteiger partial charge >= 0.3 is 0 Å². The zero-order valence-electron chi connectivity index (χ0n) is 1.63. The number of hydrogen-bond donors (Lipinski definition) is 0. The predicted molar refractivity (Wildman–Crippen MR) is 28.2 cm³/mol. The molecule has 0 aromatic heterocycles. The molecule has 0 fully saturated rings. The molecular formula is C2H12ClF3. The molecule has 0 unspecified atom stereocenters. The lowest BCUT2D eigenvalue weighted by Gasteiger charge is -0.270. The molecule has 0 saturated carbocycles. The molecular weight excluding hydrogens is 116 g/mol. The lowest BCUT2D eigenvalue weighted by molar-refractivity contribution is 1.11. The molecule has 0 aliphatic heterocycles. The SMILES string of the molecule is C.C.Cl.F.F.F. The van der Waals surface area contributed by atoms with Crippen molar-refractivity contribution in [1.29, 1.82) is 0 Å². The molecule has 48 valence electrons. The molecule has 0 bridgehead atoms. The van der Waals surface area contributed by atoms with Gasteiger partial charge in [-0.2, -0.15) is 0 Å². The molecule has 0 amide bonds. The average molecular weight is 129 g/mol. The summed E-state index contributed by atoms with van der Waals surface area (Å²) in [4.78, 5) is 0. The van der Waals surface area contributed by atoms with E-state index in [4.69, 9.17) is 0 Å². The molecule has 6 heavy (non-hydrogen) atoms. The maximum atomic E-state index is 0. The largest absolute Gasteiger partial charge is 0.269 e. The molecule has 0 rings (SSSR count). The van der Waals surface area contributed by atoms with Crippen LogP contribution in [0.1, 0.15) is 14.9 Å². The second-order valence-corrected chi connectivity index (χ2v) is 0. The van der Waals surface area contributed by atoms with Crippen molar-refractivity contribution in [2.45, 2.75) is 14.9 Å². The van der Waals surface area contributed by atoms with Crippen molar-refractivity contribution in [3.63, 3.8) is 0 Å². The monoisotopic (exact) mass is 128 g/mol. The van der Waals surface area contributed by atoms with Gasteiger partial charge in [0.05, 0.1) is 0 Å². The molecule has 0 aromatic rings. The van der Waals surface area contributed by atoms with Crippen LogP contribution < -0.4 is 0 Å². The molecule has 0 nitrogen and oxygen atoms in total. The summed E-state index contributed by atoms with van der Waals surface area (Å²) in [6, 6.07) is 0. The van der Waals surface area contributed by atoms with Gasteiger partial charge in [-0.25, -0.2) is 0 Å². The first-order valence-electron chi connectivity index (χ1n) is 0. The molecule has 0 N–H and O–H groups in total. The Kier molecular flexibility index (Phi) is 54000000. The normalized spacial score (nSPS) is 0. The first-order valence-corrected chi connectivity index (χ1v) is 0. The number of hydrogen-bond acceptors (Lipinski definition) is 0. The van der Waals surface area contributed by atoms with Crippen molar-refractivity contribution in [3.05, 3.63) is 0 Å². The third-order valence-corrected chi connectivity index (χ3v) is 0. The second kappa shape index (κ2) is 13200. The Hall–Kier alpha value is 0.0800. The van der Waals surface area contributed by atoms with Crippen LogP contribution in [-0.2, 0) is 0 Å². The summed E-state index contributed by atoms with van der Waals surface area (Å²) < 4.78 is 0. The number of rotatable bonds is 0. The Morgan fingerprint density at radius 2 is 0.500 bits per heavy atom. The quantitative estimate of drug-likeness (QED) is 0.469. The summed E-state index contributed by atoms with van der Waals surface area (Å²) in [5.74, 6) is 0. The first-order chi connectivity index (χ1) is 0. The molecule has 0 aliphatic rings. The minimum Gasteiger partial charge on any atom is -0.269 e. The minimum absolute atomic E-state index is 0. The van der Waals surface area contributed by atoms with Crippen LogP contribution in [0, 0.1) is 0 Å².